The van der Waals surface area contributed by atoms with E-state index in [4.69, 9.17) is 9.47 Å². The summed E-state index contributed by atoms with van der Waals surface area (Å²) in [5.41, 5.74) is 1.69. The summed E-state index contributed by atoms with van der Waals surface area (Å²) in [6.07, 6.45) is 3.56. The number of sulfonamides is 1. The molecule has 0 unspecified atom stereocenters. The van der Waals surface area contributed by atoms with Crippen molar-refractivity contribution in [2.75, 3.05) is 20.2 Å². The quantitative estimate of drug-likeness (QED) is 0.564. The van der Waals surface area contributed by atoms with E-state index in [1.807, 2.05) is 38.1 Å². The summed E-state index contributed by atoms with van der Waals surface area (Å²) in [5, 5.41) is 2.92. The Balaban J connectivity index is 1.59. The topological polar surface area (TPSA) is 84.9 Å². The van der Waals surface area contributed by atoms with E-state index < -0.39 is 10.0 Å². The van der Waals surface area contributed by atoms with Crippen LogP contribution in [0, 0.1) is 0 Å². The lowest BCUT2D eigenvalue weighted by Crippen LogP contribution is -2.35. The maximum Gasteiger partial charge on any atom is 0.243 e. The van der Waals surface area contributed by atoms with Crippen LogP contribution in [-0.2, 0) is 27.8 Å². The van der Waals surface area contributed by atoms with Crippen LogP contribution in [0.5, 0.6) is 11.5 Å². The van der Waals surface area contributed by atoms with Crippen molar-refractivity contribution in [3.05, 3.63) is 53.6 Å². The molecule has 0 radical (unpaired) electrons. The van der Waals surface area contributed by atoms with Gasteiger partial charge in [0.2, 0.25) is 15.9 Å². The zero-order valence-corrected chi connectivity index (χ0v) is 20.5. The minimum atomic E-state index is -3.54. The summed E-state index contributed by atoms with van der Waals surface area (Å²) in [4.78, 5) is 12.7. The Morgan fingerprint density at radius 3 is 2.39 bits per heavy atom. The van der Waals surface area contributed by atoms with Crippen molar-refractivity contribution >= 4 is 15.9 Å². The first-order valence-electron chi connectivity index (χ1n) is 11.5. The highest BCUT2D eigenvalue weighted by Gasteiger charge is 2.26. The summed E-state index contributed by atoms with van der Waals surface area (Å²) in [5.74, 6) is 1.27. The van der Waals surface area contributed by atoms with Gasteiger partial charge in [0, 0.05) is 26.1 Å². The van der Waals surface area contributed by atoms with Gasteiger partial charge < -0.3 is 14.8 Å². The molecule has 0 aliphatic carbocycles. The molecule has 1 N–H and O–H groups in total. The monoisotopic (exact) mass is 474 g/mol. The number of carbonyl (C=O) groups excluding carboxylic acids is 1. The number of piperidine rings is 1. The Morgan fingerprint density at radius 1 is 1.06 bits per heavy atom. The predicted molar refractivity (Wildman–Crippen MR) is 128 cm³/mol. The van der Waals surface area contributed by atoms with Gasteiger partial charge in [-0.1, -0.05) is 18.6 Å². The highest BCUT2D eigenvalue weighted by atomic mass is 32.2. The minimum absolute atomic E-state index is 0.108. The van der Waals surface area contributed by atoms with Gasteiger partial charge in [0.1, 0.15) is 11.5 Å². The Labute approximate surface area is 197 Å². The van der Waals surface area contributed by atoms with Gasteiger partial charge in [-0.05, 0) is 74.6 Å². The highest BCUT2D eigenvalue weighted by Crippen LogP contribution is 2.27. The van der Waals surface area contributed by atoms with Crippen LogP contribution in [0.2, 0.25) is 0 Å². The third-order valence-corrected chi connectivity index (χ3v) is 7.51. The first-order chi connectivity index (χ1) is 15.8. The van der Waals surface area contributed by atoms with Gasteiger partial charge in [-0.15, -0.1) is 0 Å². The second-order valence-corrected chi connectivity index (χ2v) is 10.5. The summed E-state index contributed by atoms with van der Waals surface area (Å²) in [6, 6.07) is 12.5. The standard InChI is InChI=1S/C25H34N2O5S/c1-19(2)32-22-10-7-20(8-11-22)18-26-25(28)14-9-21-17-23(12-13-24(21)31-3)33(29,30)27-15-5-4-6-16-27/h7-8,10-13,17,19H,4-6,9,14-16,18H2,1-3H3,(H,26,28). The van der Waals surface area contributed by atoms with E-state index in [9.17, 15) is 13.2 Å². The molecule has 0 bridgehead atoms. The molecule has 1 amide bonds. The fourth-order valence-corrected chi connectivity index (χ4v) is 5.43. The second-order valence-electron chi connectivity index (χ2n) is 8.53. The molecule has 1 fully saturated rings. The molecule has 8 heteroatoms. The SMILES string of the molecule is COc1ccc(S(=O)(=O)N2CCCCC2)cc1CCC(=O)NCc1ccc(OC(C)C)cc1. The molecule has 7 nitrogen and oxygen atoms in total. The third-order valence-electron chi connectivity index (χ3n) is 5.61. The van der Waals surface area contributed by atoms with Crippen LogP contribution in [0.25, 0.3) is 0 Å². The zero-order valence-electron chi connectivity index (χ0n) is 19.7. The molecule has 2 aromatic carbocycles. The van der Waals surface area contributed by atoms with Crippen LogP contribution in [-0.4, -0.2) is 44.9 Å². The minimum Gasteiger partial charge on any atom is -0.496 e. The number of nitrogens with zero attached hydrogens (tertiary/aromatic N) is 1. The van der Waals surface area contributed by atoms with E-state index in [1.54, 1.807) is 29.6 Å². The number of ether oxygens (including phenoxy) is 2. The lowest BCUT2D eigenvalue weighted by atomic mass is 10.1. The maximum atomic E-state index is 13.0. The number of hydrogen-bond donors (Lipinski definition) is 1. The van der Waals surface area contributed by atoms with E-state index in [0.717, 1.165) is 30.6 Å². The van der Waals surface area contributed by atoms with Crippen LogP contribution >= 0.6 is 0 Å². The van der Waals surface area contributed by atoms with Gasteiger partial charge in [-0.3, -0.25) is 4.79 Å². The molecule has 1 saturated heterocycles. The van der Waals surface area contributed by atoms with Crippen molar-refractivity contribution in [3.63, 3.8) is 0 Å². The number of carbonyl (C=O) groups is 1. The van der Waals surface area contributed by atoms with Crippen molar-refractivity contribution < 1.29 is 22.7 Å². The first kappa shape index (κ1) is 25.1. The lowest BCUT2D eigenvalue weighted by molar-refractivity contribution is -0.121. The van der Waals surface area contributed by atoms with Crippen LogP contribution in [0.4, 0.5) is 0 Å². The highest BCUT2D eigenvalue weighted by molar-refractivity contribution is 7.89. The van der Waals surface area contributed by atoms with E-state index in [1.165, 1.54) is 0 Å². The van der Waals surface area contributed by atoms with Gasteiger partial charge in [-0.2, -0.15) is 4.31 Å². The number of amides is 1. The van der Waals surface area contributed by atoms with Crippen LogP contribution < -0.4 is 14.8 Å². The molecule has 180 valence electrons. The zero-order chi connectivity index (χ0) is 23.8. The normalized spacial score (nSPS) is 14.8. The van der Waals surface area contributed by atoms with Gasteiger partial charge in [0.25, 0.3) is 0 Å². The molecule has 0 aromatic heterocycles. The van der Waals surface area contributed by atoms with Crippen molar-refractivity contribution in [3.8, 4) is 11.5 Å². The molecule has 0 atom stereocenters. The maximum absolute atomic E-state index is 13.0. The molecule has 0 saturated carbocycles. The summed E-state index contributed by atoms with van der Waals surface area (Å²) >= 11 is 0. The number of rotatable bonds is 10. The van der Waals surface area contributed by atoms with Crippen LogP contribution in [0.3, 0.4) is 0 Å². The molecule has 1 aliphatic heterocycles. The predicted octanol–water partition coefficient (Wildman–Crippen LogP) is 3.91. The van der Waals surface area contributed by atoms with Crippen molar-refractivity contribution in [2.24, 2.45) is 0 Å². The van der Waals surface area contributed by atoms with Gasteiger partial charge in [0.05, 0.1) is 18.1 Å². The number of hydrogen-bond acceptors (Lipinski definition) is 5. The van der Waals surface area contributed by atoms with E-state index in [-0.39, 0.29) is 23.3 Å². The average molecular weight is 475 g/mol. The molecule has 1 heterocycles. The summed E-state index contributed by atoms with van der Waals surface area (Å²) in [7, 11) is -1.99. The van der Waals surface area contributed by atoms with Crippen molar-refractivity contribution in [1.82, 2.24) is 9.62 Å². The fourth-order valence-electron chi connectivity index (χ4n) is 3.86. The Bertz CT molecular complexity index is 1030. The first-order valence-corrected chi connectivity index (χ1v) is 12.9. The number of nitrogens with one attached hydrogen (secondary N) is 1. The Hall–Kier alpha value is -2.58. The molecule has 33 heavy (non-hydrogen) atoms. The van der Waals surface area contributed by atoms with Crippen molar-refractivity contribution in [1.29, 1.82) is 0 Å². The number of methoxy groups -OCH3 is 1. The van der Waals surface area contributed by atoms with E-state index in [2.05, 4.69) is 5.32 Å². The van der Waals surface area contributed by atoms with Gasteiger partial charge >= 0.3 is 0 Å². The third kappa shape index (κ3) is 6.95. The smallest absolute Gasteiger partial charge is 0.243 e. The molecule has 3 rings (SSSR count). The number of benzene rings is 2. The molecule has 0 spiro atoms. The average Bonchev–Trinajstić information content (AvgIpc) is 2.82. The van der Waals surface area contributed by atoms with E-state index in [0.29, 0.717) is 37.4 Å². The molecule has 2 aromatic rings. The Kier molecular flexibility index (Phi) is 8.74. The summed E-state index contributed by atoms with van der Waals surface area (Å²) in [6.45, 7) is 5.47. The second kappa shape index (κ2) is 11.5. The lowest BCUT2D eigenvalue weighted by Gasteiger charge is -2.26. The summed E-state index contributed by atoms with van der Waals surface area (Å²) < 4.78 is 38.6. The molecular formula is C25H34N2O5S. The number of aryl methyl sites for hydroxylation is 1. The van der Waals surface area contributed by atoms with Crippen LogP contribution in [0.15, 0.2) is 47.4 Å². The van der Waals surface area contributed by atoms with Gasteiger partial charge in [0.15, 0.2) is 0 Å². The van der Waals surface area contributed by atoms with Crippen molar-refractivity contribution in [2.45, 2.75) is 63.5 Å². The van der Waals surface area contributed by atoms with Gasteiger partial charge in [-0.25, -0.2) is 8.42 Å². The fraction of sp³-hybridized carbons (Fsp3) is 0.480. The van der Waals surface area contributed by atoms with Crippen LogP contribution in [0.1, 0.15) is 50.7 Å². The molecular weight excluding hydrogens is 440 g/mol. The van der Waals surface area contributed by atoms with E-state index >= 15 is 0 Å². The largest absolute Gasteiger partial charge is 0.496 e. The Morgan fingerprint density at radius 2 is 1.76 bits per heavy atom. The molecule has 1 aliphatic rings.